The van der Waals surface area contributed by atoms with Crippen LogP contribution in [-0.4, -0.2) is 0 Å². The second-order valence-electron chi connectivity index (χ2n) is 21.6. The third-order valence-corrected chi connectivity index (χ3v) is 20.9. The summed E-state index contributed by atoms with van der Waals surface area (Å²) in [5.41, 5.74) is 1.73. The molecule has 8 aliphatic rings. The van der Waals surface area contributed by atoms with Crippen molar-refractivity contribution in [3.8, 4) is 0 Å². The summed E-state index contributed by atoms with van der Waals surface area (Å²) in [6.45, 7) is 21.0. The Morgan fingerprint density at radius 3 is 1.68 bits per heavy atom. The fourth-order valence-electron chi connectivity index (χ4n) is 17.4. The molecule has 0 nitrogen and oxygen atoms in total. The highest BCUT2D eigenvalue weighted by Crippen LogP contribution is 2.76. The average molecular weight is 645 g/mol. The fraction of sp³-hybridized carbons (Fsp3) is 1.00. The minimum absolute atomic E-state index is 0.535. The first kappa shape index (κ1) is 34.1. The predicted molar refractivity (Wildman–Crippen MR) is 201 cm³/mol. The molecule has 8 saturated carbocycles. The van der Waals surface area contributed by atoms with Crippen LogP contribution >= 0.6 is 0 Å². The lowest BCUT2D eigenvalue weighted by Gasteiger charge is -2.59. The molecular formula is C47H80. The van der Waals surface area contributed by atoms with Crippen LogP contribution in [0, 0.1) is 111 Å². The van der Waals surface area contributed by atoms with Gasteiger partial charge in [0.1, 0.15) is 0 Å². The van der Waals surface area contributed by atoms with Crippen molar-refractivity contribution in [2.75, 3.05) is 0 Å². The lowest BCUT2D eigenvalue weighted by atomic mass is 9.46. The number of hydrogen-bond donors (Lipinski definition) is 0. The normalized spacial score (nSPS) is 52.6. The molecule has 8 aliphatic carbocycles. The van der Waals surface area contributed by atoms with Gasteiger partial charge in [-0.3, -0.25) is 0 Å². The molecule has 16 unspecified atom stereocenters. The van der Waals surface area contributed by atoms with Crippen molar-refractivity contribution < 1.29 is 0 Å². The topological polar surface area (TPSA) is 0 Å². The molecule has 0 aromatic rings. The Kier molecular flexibility index (Phi) is 9.14. The SMILES string of the molecule is CCC(C)(CC)C1CC(C(C)(CC)CC)CC2(C1)C1CC3CCCCC3CC1C1C3CC4CCC5CC(C)C(C)CC5C4C3CCC12. The molecule has 0 heteroatoms. The lowest BCUT2D eigenvalue weighted by molar-refractivity contribution is -0.0938. The quantitative estimate of drug-likeness (QED) is 0.270. The molecule has 47 heavy (non-hydrogen) atoms. The molecule has 0 aromatic carbocycles. The summed E-state index contributed by atoms with van der Waals surface area (Å²) in [5.74, 6) is 17.0. The first-order valence-electron chi connectivity index (χ1n) is 22.6. The smallest absolute Gasteiger partial charge is 0.0230 e. The van der Waals surface area contributed by atoms with Gasteiger partial charge in [-0.1, -0.05) is 107 Å². The average Bonchev–Trinajstić information content (AvgIpc) is 3.60. The van der Waals surface area contributed by atoms with Gasteiger partial charge >= 0.3 is 0 Å². The summed E-state index contributed by atoms with van der Waals surface area (Å²) in [7, 11) is 0. The molecule has 16 atom stereocenters. The van der Waals surface area contributed by atoms with Crippen molar-refractivity contribution in [3.63, 3.8) is 0 Å². The van der Waals surface area contributed by atoms with Crippen molar-refractivity contribution in [2.24, 2.45) is 111 Å². The van der Waals surface area contributed by atoms with Crippen LogP contribution in [-0.2, 0) is 0 Å². The maximum Gasteiger partial charge on any atom is -0.0230 e. The van der Waals surface area contributed by atoms with Gasteiger partial charge in [-0.2, -0.15) is 0 Å². The molecule has 0 amide bonds. The van der Waals surface area contributed by atoms with Gasteiger partial charge in [-0.05, 0) is 188 Å². The highest BCUT2D eigenvalue weighted by Gasteiger charge is 2.69. The van der Waals surface area contributed by atoms with Gasteiger partial charge in [-0.15, -0.1) is 0 Å². The zero-order chi connectivity index (χ0) is 32.9. The van der Waals surface area contributed by atoms with Gasteiger partial charge in [0.2, 0.25) is 0 Å². The van der Waals surface area contributed by atoms with E-state index in [2.05, 4.69) is 55.4 Å². The molecule has 0 aliphatic heterocycles. The number of fused-ring (bicyclic) bond motifs is 12. The van der Waals surface area contributed by atoms with Crippen molar-refractivity contribution in [2.45, 2.75) is 184 Å². The van der Waals surface area contributed by atoms with Crippen molar-refractivity contribution in [3.05, 3.63) is 0 Å². The van der Waals surface area contributed by atoms with Crippen LogP contribution in [0.4, 0.5) is 0 Å². The maximum absolute atomic E-state index is 2.76. The van der Waals surface area contributed by atoms with E-state index in [9.17, 15) is 0 Å². The monoisotopic (exact) mass is 645 g/mol. The van der Waals surface area contributed by atoms with Crippen LogP contribution in [0.25, 0.3) is 0 Å². The minimum atomic E-state index is 0.535. The molecular weight excluding hydrogens is 565 g/mol. The molecule has 0 aromatic heterocycles. The van der Waals surface area contributed by atoms with E-state index in [0.717, 1.165) is 94.7 Å². The summed E-state index contributed by atoms with van der Waals surface area (Å²) >= 11 is 0. The van der Waals surface area contributed by atoms with Gasteiger partial charge in [0.05, 0.1) is 0 Å². The van der Waals surface area contributed by atoms with E-state index in [4.69, 9.17) is 0 Å². The molecule has 8 rings (SSSR count). The first-order chi connectivity index (χ1) is 22.6. The van der Waals surface area contributed by atoms with E-state index in [0.29, 0.717) is 16.2 Å². The van der Waals surface area contributed by atoms with E-state index < -0.39 is 0 Å². The van der Waals surface area contributed by atoms with Crippen LogP contribution in [0.2, 0.25) is 0 Å². The van der Waals surface area contributed by atoms with Crippen LogP contribution in [0.1, 0.15) is 184 Å². The first-order valence-corrected chi connectivity index (χ1v) is 22.6. The van der Waals surface area contributed by atoms with Gasteiger partial charge in [0.25, 0.3) is 0 Å². The lowest BCUT2D eigenvalue weighted by Crippen LogP contribution is -2.50. The molecule has 1 spiro atoms. The second kappa shape index (κ2) is 12.6. The Balaban J connectivity index is 1.19. The largest absolute Gasteiger partial charge is 0.0649 e. The Labute approximate surface area is 293 Å². The number of rotatable bonds is 6. The standard InChI is InChI=1S/C47H80/c1-9-45(7,10-2)35-26-36(46(8,11-3)12-4)28-47(27-35)41-20-19-37-39(44(41)40-23-31-15-13-14-16-32(31)25-42(40)47)24-34-18-17-33-21-29(5)30(6)22-38(33)43(34)37/h29-44H,9-28H2,1-8H3. The van der Waals surface area contributed by atoms with E-state index in [1.54, 1.807) is 103 Å². The van der Waals surface area contributed by atoms with Gasteiger partial charge in [0, 0.05) is 0 Å². The van der Waals surface area contributed by atoms with Crippen LogP contribution in [0.5, 0.6) is 0 Å². The van der Waals surface area contributed by atoms with Crippen LogP contribution in [0.15, 0.2) is 0 Å². The van der Waals surface area contributed by atoms with Crippen molar-refractivity contribution in [1.82, 2.24) is 0 Å². The molecule has 0 saturated heterocycles. The van der Waals surface area contributed by atoms with E-state index in [-0.39, 0.29) is 0 Å². The van der Waals surface area contributed by atoms with E-state index in [1.807, 2.05) is 0 Å². The molecule has 8 fully saturated rings. The highest BCUT2D eigenvalue weighted by molar-refractivity contribution is 5.18. The van der Waals surface area contributed by atoms with Crippen molar-refractivity contribution in [1.29, 1.82) is 0 Å². The Morgan fingerprint density at radius 1 is 0.468 bits per heavy atom. The fourth-order valence-corrected chi connectivity index (χ4v) is 17.4. The summed E-state index contributed by atoms with van der Waals surface area (Å²) < 4.78 is 0. The van der Waals surface area contributed by atoms with Crippen LogP contribution in [0.3, 0.4) is 0 Å². The Hall–Kier alpha value is 0. The number of hydrogen-bond acceptors (Lipinski definition) is 0. The van der Waals surface area contributed by atoms with Crippen molar-refractivity contribution >= 4 is 0 Å². The van der Waals surface area contributed by atoms with Gasteiger partial charge < -0.3 is 0 Å². The zero-order valence-corrected chi connectivity index (χ0v) is 32.9. The summed E-state index contributed by atoms with van der Waals surface area (Å²) in [4.78, 5) is 0. The van der Waals surface area contributed by atoms with Gasteiger partial charge in [0.15, 0.2) is 0 Å². The van der Waals surface area contributed by atoms with Gasteiger partial charge in [-0.25, -0.2) is 0 Å². The molecule has 0 heterocycles. The molecule has 268 valence electrons. The summed E-state index contributed by atoms with van der Waals surface area (Å²) in [6, 6.07) is 0. The summed E-state index contributed by atoms with van der Waals surface area (Å²) in [6.07, 6.45) is 31.3. The van der Waals surface area contributed by atoms with Crippen LogP contribution < -0.4 is 0 Å². The van der Waals surface area contributed by atoms with E-state index >= 15 is 0 Å². The Morgan fingerprint density at radius 2 is 1.04 bits per heavy atom. The summed E-state index contributed by atoms with van der Waals surface area (Å²) in [5, 5.41) is 0. The highest BCUT2D eigenvalue weighted by atomic mass is 14.7. The molecule has 0 N–H and O–H groups in total. The second-order valence-corrected chi connectivity index (χ2v) is 21.6. The minimum Gasteiger partial charge on any atom is -0.0649 e. The molecule has 0 radical (unpaired) electrons. The van der Waals surface area contributed by atoms with E-state index in [1.165, 1.54) is 25.7 Å². The molecule has 0 bridgehead atoms. The maximum atomic E-state index is 2.76. The Bertz CT molecular complexity index is 1070. The zero-order valence-electron chi connectivity index (χ0n) is 32.9. The third kappa shape index (κ3) is 5.19. The third-order valence-electron chi connectivity index (χ3n) is 20.9. The predicted octanol–water partition coefficient (Wildman–Crippen LogP) is 13.9.